The van der Waals surface area contributed by atoms with E-state index in [1.807, 2.05) is 20.0 Å². The van der Waals surface area contributed by atoms with E-state index in [4.69, 9.17) is 9.47 Å². The van der Waals surface area contributed by atoms with Crippen molar-refractivity contribution in [2.75, 3.05) is 0 Å². The number of rotatable bonds is 5. The number of phenolic OH excluding ortho intramolecular Hbond substituents is 1. The third kappa shape index (κ3) is 4.70. The van der Waals surface area contributed by atoms with Crippen molar-refractivity contribution < 1.29 is 24.2 Å². The van der Waals surface area contributed by atoms with Crippen LogP contribution in [0.3, 0.4) is 0 Å². The van der Waals surface area contributed by atoms with E-state index in [1.165, 1.54) is 6.07 Å². The SMILES string of the molecule is Bc1cc(OC(=O)c2ccccc2)ccc1-c1ccc(OC(=O)c2ccccc2)cc1O. The number of benzene rings is 4. The maximum atomic E-state index is 12.3. The molecule has 0 heterocycles. The first-order valence-corrected chi connectivity index (χ1v) is 10.00. The van der Waals surface area contributed by atoms with Gasteiger partial charge in [0.1, 0.15) is 25.1 Å². The Morgan fingerprint density at radius 1 is 0.625 bits per heavy atom. The number of aromatic hydroxyl groups is 1. The predicted octanol–water partition coefficient (Wildman–Crippen LogP) is 3.76. The van der Waals surface area contributed by atoms with Gasteiger partial charge in [-0.1, -0.05) is 47.9 Å². The Balaban J connectivity index is 1.51. The number of phenols is 1. The van der Waals surface area contributed by atoms with Crippen molar-refractivity contribution in [1.29, 1.82) is 0 Å². The summed E-state index contributed by atoms with van der Waals surface area (Å²) in [5, 5.41) is 10.5. The molecule has 0 aliphatic heterocycles. The highest BCUT2D eigenvalue weighted by Crippen LogP contribution is 2.32. The molecule has 0 aliphatic carbocycles. The Bertz CT molecular complexity index is 1170. The van der Waals surface area contributed by atoms with E-state index in [-0.39, 0.29) is 11.5 Å². The van der Waals surface area contributed by atoms with Gasteiger partial charge in [-0.25, -0.2) is 9.59 Å². The van der Waals surface area contributed by atoms with Crippen LogP contribution in [-0.4, -0.2) is 24.9 Å². The Morgan fingerprint density at radius 3 is 1.56 bits per heavy atom. The minimum absolute atomic E-state index is 0.0273. The average molecular weight is 422 g/mol. The first kappa shape index (κ1) is 20.9. The fourth-order valence-electron chi connectivity index (χ4n) is 3.28. The zero-order chi connectivity index (χ0) is 22.5. The summed E-state index contributed by atoms with van der Waals surface area (Å²) in [7, 11) is 1.86. The zero-order valence-electron chi connectivity index (χ0n) is 17.3. The largest absolute Gasteiger partial charge is 0.507 e. The molecule has 32 heavy (non-hydrogen) atoms. The van der Waals surface area contributed by atoms with Crippen molar-refractivity contribution >= 4 is 25.2 Å². The summed E-state index contributed by atoms with van der Waals surface area (Å²) in [6.07, 6.45) is 0. The molecule has 4 aromatic rings. The van der Waals surface area contributed by atoms with Crippen molar-refractivity contribution in [2.45, 2.75) is 0 Å². The topological polar surface area (TPSA) is 72.8 Å². The molecule has 0 aromatic heterocycles. The monoisotopic (exact) mass is 422 g/mol. The van der Waals surface area contributed by atoms with Gasteiger partial charge in [0.25, 0.3) is 0 Å². The maximum Gasteiger partial charge on any atom is 0.343 e. The van der Waals surface area contributed by atoms with Gasteiger partial charge in [0.15, 0.2) is 0 Å². The van der Waals surface area contributed by atoms with Crippen LogP contribution in [0.15, 0.2) is 97.1 Å². The van der Waals surface area contributed by atoms with Gasteiger partial charge in [0, 0.05) is 11.6 Å². The van der Waals surface area contributed by atoms with Crippen molar-refractivity contribution in [3.8, 4) is 28.4 Å². The summed E-state index contributed by atoms with van der Waals surface area (Å²) in [6.45, 7) is 0. The molecule has 5 nitrogen and oxygen atoms in total. The zero-order valence-corrected chi connectivity index (χ0v) is 17.3. The van der Waals surface area contributed by atoms with Crippen LogP contribution in [0.25, 0.3) is 11.1 Å². The molecule has 0 amide bonds. The van der Waals surface area contributed by atoms with E-state index in [0.29, 0.717) is 22.4 Å². The molecule has 0 saturated carbocycles. The second-order valence-corrected chi connectivity index (χ2v) is 7.17. The van der Waals surface area contributed by atoms with Crippen LogP contribution in [0.5, 0.6) is 17.2 Å². The van der Waals surface area contributed by atoms with Crippen LogP contribution in [0, 0.1) is 0 Å². The number of hydrogen-bond donors (Lipinski definition) is 1. The van der Waals surface area contributed by atoms with E-state index in [9.17, 15) is 14.7 Å². The lowest BCUT2D eigenvalue weighted by Gasteiger charge is -2.12. The first-order valence-electron chi connectivity index (χ1n) is 10.00. The fourth-order valence-corrected chi connectivity index (χ4v) is 3.28. The van der Waals surface area contributed by atoms with Crippen LogP contribution in [0.2, 0.25) is 0 Å². The summed E-state index contributed by atoms with van der Waals surface area (Å²) in [6, 6.07) is 27.3. The van der Waals surface area contributed by atoms with Crippen molar-refractivity contribution in [3.63, 3.8) is 0 Å². The Morgan fingerprint density at radius 2 is 1.09 bits per heavy atom. The van der Waals surface area contributed by atoms with Gasteiger partial charge < -0.3 is 14.6 Å². The number of esters is 2. The van der Waals surface area contributed by atoms with Crippen LogP contribution in [0.1, 0.15) is 20.7 Å². The van der Waals surface area contributed by atoms with Crippen molar-refractivity contribution in [3.05, 3.63) is 108 Å². The molecule has 4 rings (SSSR count). The molecule has 156 valence electrons. The molecule has 0 bridgehead atoms. The van der Waals surface area contributed by atoms with Gasteiger partial charge in [0.05, 0.1) is 11.1 Å². The number of carbonyl (C=O) groups is 2. The van der Waals surface area contributed by atoms with Crippen molar-refractivity contribution in [1.82, 2.24) is 0 Å². The molecule has 6 heteroatoms. The molecule has 0 spiro atoms. The summed E-state index contributed by atoms with van der Waals surface area (Å²) < 4.78 is 10.8. The minimum atomic E-state index is -0.501. The van der Waals surface area contributed by atoms with Crippen LogP contribution in [0.4, 0.5) is 0 Å². The standard InChI is InChI=1S/C26H19BO5/c27-23-15-19(31-25(29)17-7-3-1-4-8-17)11-13-21(23)22-14-12-20(16-24(22)28)32-26(30)18-9-5-2-6-10-18/h1-16,28H,27H2. The second-order valence-electron chi connectivity index (χ2n) is 7.17. The molecule has 0 fully saturated rings. The van der Waals surface area contributed by atoms with Gasteiger partial charge >= 0.3 is 11.9 Å². The molecule has 0 atom stereocenters. The molecular weight excluding hydrogens is 403 g/mol. The minimum Gasteiger partial charge on any atom is -0.507 e. The third-order valence-corrected chi connectivity index (χ3v) is 4.90. The highest BCUT2D eigenvalue weighted by molar-refractivity contribution is 6.36. The van der Waals surface area contributed by atoms with Gasteiger partial charge in [-0.2, -0.15) is 0 Å². The van der Waals surface area contributed by atoms with E-state index in [2.05, 4.69) is 0 Å². The Labute approximate surface area is 186 Å². The highest BCUT2D eigenvalue weighted by atomic mass is 16.5. The lowest BCUT2D eigenvalue weighted by molar-refractivity contribution is 0.0725. The lowest BCUT2D eigenvalue weighted by Crippen LogP contribution is -2.12. The predicted molar refractivity (Wildman–Crippen MR) is 125 cm³/mol. The van der Waals surface area contributed by atoms with Gasteiger partial charge in [-0.05, 0) is 54.1 Å². The molecule has 0 saturated heterocycles. The quantitative estimate of drug-likeness (QED) is 0.301. The van der Waals surface area contributed by atoms with Gasteiger partial charge in [0.2, 0.25) is 0 Å². The molecule has 4 aromatic carbocycles. The summed E-state index contributed by atoms with van der Waals surface area (Å²) in [5.41, 5.74) is 3.04. The van der Waals surface area contributed by atoms with Crippen LogP contribution >= 0.6 is 0 Å². The number of hydrogen-bond acceptors (Lipinski definition) is 5. The second kappa shape index (κ2) is 9.22. The Kier molecular flexibility index (Phi) is 6.04. The summed E-state index contributed by atoms with van der Waals surface area (Å²) in [5.74, 6) is -0.316. The molecule has 0 aliphatic rings. The summed E-state index contributed by atoms with van der Waals surface area (Å²) in [4.78, 5) is 24.5. The van der Waals surface area contributed by atoms with Crippen molar-refractivity contribution in [2.24, 2.45) is 0 Å². The molecule has 0 unspecified atom stereocenters. The van der Waals surface area contributed by atoms with E-state index in [0.717, 1.165) is 11.0 Å². The first-order chi connectivity index (χ1) is 15.5. The van der Waals surface area contributed by atoms with E-state index in [1.54, 1.807) is 78.9 Å². The van der Waals surface area contributed by atoms with Crippen LogP contribution < -0.4 is 14.9 Å². The lowest BCUT2D eigenvalue weighted by atomic mass is 9.86. The smallest absolute Gasteiger partial charge is 0.343 e. The normalized spacial score (nSPS) is 10.4. The van der Waals surface area contributed by atoms with E-state index < -0.39 is 11.9 Å². The van der Waals surface area contributed by atoms with E-state index >= 15 is 0 Å². The molecule has 1 N–H and O–H groups in total. The third-order valence-electron chi connectivity index (χ3n) is 4.90. The number of carbonyl (C=O) groups excluding carboxylic acids is 2. The highest BCUT2D eigenvalue weighted by Gasteiger charge is 2.14. The number of ether oxygens (including phenoxy) is 2. The Hall–Kier alpha value is -4.32. The molecular formula is C26H19BO5. The van der Waals surface area contributed by atoms with Gasteiger partial charge in [-0.15, -0.1) is 0 Å². The molecule has 0 radical (unpaired) electrons. The van der Waals surface area contributed by atoms with Crippen LogP contribution in [-0.2, 0) is 0 Å². The average Bonchev–Trinajstić information content (AvgIpc) is 2.81. The maximum absolute atomic E-state index is 12.3. The fraction of sp³-hybridized carbons (Fsp3) is 0. The summed E-state index contributed by atoms with van der Waals surface area (Å²) >= 11 is 0. The van der Waals surface area contributed by atoms with Gasteiger partial charge in [-0.3, -0.25) is 0 Å².